The maximum absolute atomic E-state index is 13.3. The molecule has 6 nitrogen and oxygen atoms in total. The zero-order chi connectivity index (χ0) is 19.8. The fraction of sp³-hybridized carbons (Fsp3) is 0.667. The fourth-order valence-electron chi connectivity index (χ4n) is 4.93. The van der Waals surface area contributed by atoms with E-state index in [4.69, 9.17) is 4.74 Å². The number of carbonyl (C=O) groups excluding carboxylic acids is 1. The molecule has 3 aliphatic rings. The number of benzene rings is 1. The maximum atomic E-state index is 13.3. The number of hydrogen-bond acceptors (Lipinski definition) is 4. The molecule has 3 fully saturated rings. The van der Waals surface area contributed by atoms with Gasteiger partial charge >= 0.3 is 0 Å². The number of amides is 1. The van der Waals surface area contributed by atoms with Gasteiger partial charge in [-0.05, 0) is 49.8 Å². The van der Waals surface area contributed by atoms with Crippen LogP contribution in [0.5, 0.6) is 0 Å². The van der Waals surface area contributed by atoms with Gasteiger partial charge in [-0.3, -0.25) is 4.79 Å². The van der Waals surface area contributed by atoms with Gasteiger partial charge in [0.25, 0.3) is 0 Å². The molecule has 3 heterocycles. The minimum absolute atomic E-state index is 0.137. The average molecular weight is 407 g/mol. The van der Waals surface area contributed by atoms with Gasteiger partial charge < -0.3 is 9.64 Å². The van der Waals surface area contributed by atoms with E-state index in [1.54, 1.807) is 16.4 Å². The van der Waals surface area contributed by atoms with E-state index in [2.05, 4.69) is 0 Å². The van der Waals surface area contributed by atoms with Crippen molar-refractivity contribution in [3.8, 4) is 0 Å². The van der Waals surface area contributed by atoms with Gasteiger partial charge in [0.2, 0.25) is 15.9 Å². The third kappa shape index (κ3) is 3.48. The first-order valence-corrected chi connectivity index (χ1v) is 11.9. The second-order valence-electron chi connectivity index (χ2n) is 8.35. The van der Waals surface area contributed by atoms with Crippen molar-refractivity contribution in [1.29, 1.82) is 0 Å². The lowest BCUT2D eigenvalue weighted by Gasteiger charge is -2.38. The summed E-state index contributed by atoms with van der Waals surface area (Å²) in [6.45, 7) is 5.55. The summed E-state index contributed by atoms with van der Waals surface area (Å²) in [6, 6.07) is 7.14. The second-order valence-corrected chi connectivity index (χ2v) is 10.3. The Morgan fingerprint density at radius 1 is 1.14 bits per heavy atom. The molecule has 0 saturated carbocycles. The number of likely N-dealkylation sites (tertiary alicyclic amines) is 1. The summed E-state index contributed by atoms with van der Waals surface area (Å²) in [5, 5.41) is 0. The van der Waals surface area contributed by atoms with Gasteiger partial charge in [-0.25, -0.2) is 8.42 Å². The molecule has 7 heteroatoms. The fourth-order valence-corrected chi connectivity index (χ4v) is 6.49. The van der Waals surface area contributed by atoms with E-state index in [1.807, 2.05) is 24.0 Å². The Morgan fingerprint density at radius 3 is 2.39 bits per heavy atom. The molecule has 4 rings (SSSR count). The Morgan fingerprint density at radius 2 is 1.79 bits per heavy atom. The molecule has 28 heavy (non-hydrogen) atoms. The highest BCUT2D eigenvalue weighted by molar-refractivity contribution is 7.89. The van der Waals surface area contributed by atoms with Crippen molar-refractivity contribution in [2.75, 3.05) is 39.4 Å². The smallest absolute Gasteiger partial charge is 0.243 e. The van der Waals surface area contributed by atoms with Crippen LogP contribution >= 0.6 is 0 Å². The minimum atomic E-state index is -3.61. The zero-order valence-corrected chi connectivity index (χ0v) is 17.4. The molecule has 0 N–H and O–H groups in total. The van der Waals surface area contributed by atoms with Gasteiger partial charge in [0.05, 0.1) is 10.8 Å². The standard InChI is InChI=1S/C21H30N2O4S/c1-2-17-5-7-18(8-6-17)28(25,26)23-15-19(20(24)22-11-3-4-12-22)21(16-23)9-13-27-14-10-21/h5-8,19H,2-4,9-16H2,1H3. The topological polar surface area (TPSA) is 66.9 Å². The van der Waals surface area contributed by atoms with Gasteiger partial charge in [0.15, 0.2) is 0 Å². The van der Waals surface area contributed by atoms with Gasteiger partial charge in [-0.1, -0.05) is 19.1 Å². The Bertz CT molecular complexity index is 809. The Balaban J connectivity index is 1.62. The zero-order valence-electron chi connectivity index (χ0n) is 16.6. The molecule has 0 aliphatic carbocycles. The molecule has 1 atom stereocenters. The number of nitrogens with zero attached hydrogens (tertiary/aromatic N) is 2. The number of sulfonamides is 1. The summed E-state index contributed by atoms with van der Waals surface area (Å²) in [4.78, 5) is 15.5. The van der Waals surface area contributed by atoms with Crippen molar-refractivity contribution in [2.24, 2.45) is 11.3 Å². The van der Waals surface area contributed by atoms with Crippen molar-refractivity contribution < 1.29 is 17.9 Å². The van der Waals surface area contributed by atoms with Crippen molar-refractivity contribution in [3.05, 3.63) is 29.8 Å². The van der Waals surface area contributed by atoms with Gasteiger partial charge in [0, 0.05) is 44.8 Å². The summed E-state index contributed by atoms with van der Waals surface area (Å²) in [5.41, 5.74) is 0.817. The Kier molecular flexibility index (Phi) is 5.51. The van der Waals surface area contributed by atoms with Crippen LogP contribution < -0.4 is 0 Å². The number of hydrogen-bond donors (Lipinski definition) is 0. The first-order valence-electron chi connectivity index (χ1n) is 10.4. The molecule has 1 aromatic rings. The summed E-state index contributed by atoms with van der Waals surface area (Å²) >= 11 is 0. The monoisotopic (exact) mass is 406 g/mol. The van der Waals surface area contributed by atoms with E-state index in [0.29, 0.717) is 24.7 Å². The van der Waals surface area contributed by atoms with Gasteiger partial charge in [0.1, 0.15) is 0 Å². The van der Waals surface area contributed by atoms with Crippen LogP contribution in [0.15, 0.2) is 29.2 Å². The van der Waals surface area contributed by atoms with E-state index in [9.17, 15) is 13.2 Å². The summed E-state index contributed by atoms with van der Waals surface area (Å²) in [5.74, 6) is -0.127. The molecule has 0 bridgehead atoms. The highest BCUT2D eigenvalue weighted by Crippen LogP contribution is 2.46. The SMILES string of the molecule is CCc1ccc(S(=O)(=O)N2CC(C(=O)N3CCCC3)C3(CCOCC3)C2)cc1. The van der Waals surface area contributed by atoms with Crippen LogP contribution in [-0.4, -0.2) is 62.9 Å². The first-order chi connectivity index (χ1) is 13.5. The summed E-state index contributed by atoms with van der Waals surface area (Å²) < 4.78 is 33.7. The normalized spacial score (nSPS) is 25.5. The molecular weight excluding hydrogens is 376 g/mol. The van der Waals surface area contributed by atoms with Gasteiger partial charge in [-0.2, -0.15) is 4.31 Å². The van der Waals surface area contributed by atoms with Crippen molar-refractivity contribution >= 4 is 15.9 Å². The van der Waals surface area contributed by atoms with Crippen molar-refractivity contribution in [1.82, 2.24) is 9.21 Å². The maximum Gasteiger partial charge on any atom is 0.243 e. The van der Waals surface area contributed by atoms with Crippen LogP contribution in [0.1, 0.15) is 38.2 Å². The first kappa shape index (κ1) is 19.9. The Hall–Kier alpha value is -1.44. The number of ether oxygens (including phenoxy) is 1. The lowest BCUT2D eigenvalue weighted by molar-refractivity contribution is -0.139. The largest absolute Gasteiger partial charge is 0.381 e. The van der Waals surface area contributed by atoms with Crippen molar-refractivity contribution in [3.63, 3.8) is 0 Å². The molecule has 154 valence electrons. The molecule has 0 aromatic heterocycles. The second kappa shape index (κ2) is 7.76. The Labute approximate surface area is 167 Å². The number of rotatable bonds is 4. The average Bonchev–Trinajstić information content (AvgIpc) is 3.37. The molecule has 1 unspecified atom stereocenters. The van der Waals surface area contributed by atoms with E-state index in [-0.39, 0.29) is 23.8 Å². The number of carbonyl (C=O) groups is 1. The van der Waals surface area contributed by atoms with Crippen LogP contribution in [0.3, 0.4) is 0 Å². The summed E-state index contributed by atoms with van der Waals surface area (Å²) in [6.07, 6.45) is 4.45. The molecular formula is C21H30N2O4S. The third-order valence-electron chi connectivity index (χ3n) is 6.79. The van der Waals surface area contributed by atoms with E-state index in [0.717, 1.165) is 50.8 Å². The van der Waals surface area contributed by atoms with E-state index < -0.39 is 10.0 Å². The van der Waals surface area contributed by atoms with Crippen molar-refractivity contribution in [2.45, 2.75) is 43.9 Å². The molecule has 1 spiro atoms. The van der Waals surface area contributed by atoms with Crippen LogP contribution in [-0.2, 0) is 26.0 Å². The predicted octanol–water partition coefficient (Wildman–Crippen LogP) is 2.29. The molecule has 3 saturated heterocycles. The van der Waals surface area contributed by atoms with Crippen LogP contribution in [0, 0.1) is 11.3 Å². The highest BCUT2D eigenvalue weighted by atomic mass is 32.2. The predicted molar refractivity (Wildman–Crippen MR) is 106 cm³/mol. The van der Waals surface area contributed by atoms with E-state index in [1.165, 1.54) is 0 Å². The lowest BCUT2D eigenvalue weighted by Crippen LogP contribution is -2.45. The minimum Gasteiger partial charge on any atom is -0.381 e. The van der Waals surface area contributed by atoms with E-state index >= 15 is 0 Å². The molecule has 3 aliphatic heterocycles. The van der Waals surface area contributed by atoms with Crippen LogP contribution in [0.25, 0.3) is 0 Å². The third-order valence-corrected chi connectivity index (χ3v) is 8.62. The molecule has 1 amide bonds. The highest BCUT2D eigenvalue weighted by Gasteiger charge is 2.54. The molecule has 1 aromatic carbocycles. The lowest BCUT2D eigenvalue weighted by atomic mass is 9.71. The molecule has 0 radical (unpaired) electrons. The van der Waals surface area contributed by atoms with Gasteiger partial charge in [-0.15, -0.1) is 0 Å². The van der Waals surface area contributed by atoms with Crippen LogP contribution in [0.2, 0.25) is 0 Å². The summed E-state index contributed by atoms with van der Waals surface area (Å²) in [7, 11) is -3.61. The quantitative estimate of drug-likeness (QED) is 0.769. The van der Waals surface area contributed by atoms with Crippen LogP contribution in [0.4, 0.5) is 0 Å². The number of aryl methyl sites for hydroxylation is 1.